The van der Waals surface area contributed by atoms with Crippen LogP contribution >= 0.6 is 0 Å². The SMILES string of the molecule is CN(C)c1ccc([C@@H](CNC(=O)C(=O)NCCc2ccc(F)cc2)[NH+]2CCCC2)cc1. The number of nitrogens with zero attached hydrogens (tertiary/aromatic N) is 1. The average Bonchev–Trinajstić information content (AvgIpc) is 3.30. The van der Waals surface area contributed by atoms with Crippen molar-refractivity contribution in [3.05, 3.63) is 65.5 Å². The van der Waals surface area contributed by atoms with Crippen LogP contribution in [-0.4, -0.2) is 52.1 Å². The zero-order chi connectivity index (χ0) is 22.2. The van der Waals surface area contributed by atoms with Crippen LogP contribution in [0.1, 0.15) is 30.0 Å². The smallest absolute Gasteiger partial charge is 0.309 e. The molecule has 2 amide bonds. The highest BCUT2D eigenvalue weighted by Crippen LogP contribution is 2.17. The molecule has 7 heteroatoms. The molecular formula is C24H32FN4O2+. The van der Waals surface area contributed by atoms with Crippen molar-refractivity contribution in [2.24, 2.45) is 0 Å². The number of hydrogen-bond acceptors (Lipinski definition) is 3. The summed E-state index contributed by atoms with van der Waals surface area (Å²) < 4.78 is 13.0. The predicted octanol–water partition coefficient (Wildman–Crippen LogP) is 1.09. The lowest BCUT2D eigenvalue weighted by Gasteiger charge is -2.25. The number of nitrogens with one attached hydrogen (secondary N) is 3. The van der Waals surface area contributed by atoms with Crippen LogP contribution in [0.3, 0.4) is 0 Å². The molecule has 1 fully saturated rings. The third-order valence-electron chi connectivity index (χ3n) is 5.84. The van der Waals surface area contributed by atoms with Gasteiger partial charge in [0.2, 0.25) is 0 Å². The van der Waals surface area contributed by atoms with Gasteiger partial charge in [0, 0.05) is 44.7 Å². The van der Waals surface area contributed by atoms with Crippen LogP contribution in [0, 0.1) is 5.82 Å². The number of halogens is 1. The summed E-state index contributed by atoms with van der Waals surface area (Å²) in [5.74, 6) is -1.55. The summed E-state index contributed by atoms with van der Waals surface area (Å²) in [5, 5.41) is 5.46. The molecule has 1 aliphatic rings. The van der Waals surface area contributed by atoms with Gasteiger partial charge in [0.15, 0.2) is 0 Å². The molecule has 0 aliphatic carbocycles. The van der Waals surface area contributed by atoms with Crippen molar-refractivity contribution in [1.29, 1.82) is 0 Å². The maximum Gasteiger partial charge on any atom is 0.309 e. The molecule has 0 radical (unpaired) electrons. The molecule has 1 heterocycles. The summed E-state index contributed by atoms with van der Waals surface area (Å²) in [6.07, 6.45) is 2.90. The number of carbonyl (C=O) groups excluding carboxylic acids is 2. The van der Waals surface area contributed by atoms with Crippen LogP contribution in [0.15, 0.2) is 48.5 Å². The molecule has 0 bridgehead atoms. The number of rotatable bonds is 8. The summed E-state index contributed by atoms with van der Waals surface area (Å²) in [5.41, 5.74) is 3.20. The fourth-order valence-electron chi connectivity index (χ4n) is 4.01. The van der Waals surface area contributed by atoms with Gasteiger partial charge in [-0.15, -0.1) is 0 Å². The van der Waals surface area contributed by atoms with Gasteiger partial charge >= 0.3 is 11.8 Å². The second-order valence-corrected chi connectivity index (χ2v) is 8.25. The lowest BCUT2D eigenvalue weighted by atomic mass is 10.0. The Morgan fingerprint density at radius 3 is 2.19 bits per heavy atom. The van der Waals surface area contributed by atoms with Crippen molar-refractivity contribution in [3.8, 4) is 0 Å². The van der Waals surface area contributed by atoms with E-state index >= 15 is 0 Å². The quantitative estimate of drug-likeness (QED) is 0.553. The molecular weight excluding hydrogens is 395 g/mol. The maximum absolute atomic E-state index is 13.0. The van der Waals surface area contributed by atoms with Crippen molar-refractivity contribution < 1.29 is 18.9 Å². The Bertz CT molecular complexity index is 862. The fraction of sp³-hybridized carbons (Fsp3) is 0.417. The molecule has 0 unspecified atom stereocenters. The van der Waals surface area contributed by atoms with E-state index in [9.17, 15) is 14.0 Å². The molecule has 166 valence electrons. The second-order valence-electron chi connectivity index (χ2n) is 8.25. The second kappa shape index (κ2) is 10.9. The maximum atomic E-state index is 13.0. The molecule has 0 saturated carbocycles. The lowest BCUT2D eigenvalue weighted by molar-refractivity contribution is -0.918. The van der Waals surface area contributed by atoms with E-state index in [1.165, 1.54) is 35.4 Å². The fourth-order valence-corrected chi connectivity index (χ4v) is 4.01. The van der Waals surface area contributed by atoms with Gasteiger partial charge in [-0.25, -0.2) is 4.39 Å². The Labute approximate surface area is 183 Å². The highest BCUT2D eigenvalue weighted by molar-refractivity contribution is 6.35. The van der Waals surface area contributed by atoms with E-state index in [1.807, 2.05) is 14.1 Å². The molecule has 31 heavy (non-hydrogen) atoms. The van der Waals surface area contributed by atoms with Crippen LogP contribution in [-0.2, 0) is 16.0 Å². The van der Waals surface area contributed by atoms with Gasteiger partial charge in [0.1, 0.15) is 11.9 Å². The Kier molecular flexibility index (Phi) is 8.00. The summed E-state index contributed by atoms with van der Waals surface area (Å²) >= 11 is 0. The minimum atomic E-state index is -0.639. The van der Waals surface area contributed by atoms with E-state index in [-0.39, 0.29) is 11.9 Å². The lowest BCUT2D eigenvalue weighted by Crippen LogP contribution is -3.11. The van der Waals surface area contributed by atoms with Gasteiger partial charge in [0.25, 0.3) is 0 Å². The largest absolute Gasteiger partial charge is 0.378 e. The third-order valence-corrected chi connectivity index (χ3v) is 5.84. The zero-order valence-corrected chi connectivity index (χ0v) is 18.3. The van der Waals surface area contributed by atoms with E-state index in [0.717, 1.165) is 24.3 Å². The molecule has 1 atom stereocenters. The minimum Gasteiger partial charge on any atom is -0.378 e. The van der Waals surface area contributed by atoms with Gasteiger partial charge in [0.05, 0.1) is 19.6 Å². The van der Waals surface area contributed by atoms with Crippen molar-refractivity contribution in [3.63, 3.8) is 0 Å². The summed E-state index contributed by atoms with van der Waals surface area (Å²) in [6, 6.07) is 14.6. The van der Waals surface area contributed by atoms with Crippen LogP contribution in [0.5, 0.6) is 0 Å². The normalized spacial score (nSPS) is 14.8. The molecule has 3 rings (SSSR count). The molecule has 0 aromatic heterocycles. The van der Waals surface area contributed by atoms with Gasteiger partial charge < -0.3 is 20.4 Å². The highest BCUT2D eigenvalue weighted by Gasteiger charge is 2.28. The van der Waals surface area contributed by atoms with Gasteiger partial charge in [-0.2, -0.15) is 0 Å². The van der Waals surface area contributed by atoms with E-state index < -0.39 is 11.8 Å². The molecule has 6 nitrogen and oxygen atoms in total. The first-order valence-corrected chi connectivity index (χ1v) is 10.9. The number of likely N-dealkylation sites (tertiary alicyclic amines) is 1. The summed E-state index contributed by atoms with van der Waals surface area (Å²) in [6.45, 7) is 2.88. The molecule has 1 aliphatic heterocycles. The van der Waals surface area contributed by atoms with Crippen LogP contribution in [0.2, 0.25) is 0 Å². The Balaban J connectivity index is 1.52. The molecule has 2 aromatic carbocycles. The monoisotopic (exact) mass is 427 g/mol. The predicted molar refractivity (Wildman–Crippen MR) is 120 cm³/mol. The van der Waals surface area contributed by atoms with Crippen molar-refractivity contribution >= 4 is 17.5 Å². The zero-order valence-electron chi connectivity index (χ0n) is 18.3. The van der Waals surface area contributed by atoms with Crippen molar-refractivity contribution in [1.82, 2.24) is 10.6 Å². The van der Waals surface area contributed by atoms with E-state index in [0.29, 0.717) is 19.5 Å². The minimum absolute atomic E-state index is 0.120. The first-order valence-electron chi connectivity index (χ1n) is 10.9. The Morgan fingerprint density at radius 1 is 0.968 bits per heavy atom. The number of anilines is 1. The van der Waals surface area contributed by atoms with E-state index in [2.05, 4.69) is 39.8 Å². The summed E-state index contributed by atoms with van der Waals surface area (Å²) in [4.78, 5) is 28.0. The number of quaternary nitrogens is 1. The number of carbonyl (C=O) groups is 2. The van der Waals surface area contributed by atoms with E-state index in [4.69, 9.17) is 0 Å². The molecule has 0 spiro atoms. The number of amides is 2. The molecule has 3 N–H and O–H groups in total. The first kappa shape index (κ1) is 22.7. The standard InChI is InChI=1S/C24H31FN4O2/c1-28(2)21-11-7-19(8-12-21)22(29-15-3-4-16-29)17-27-24(31)23(30)26-14-13-18-5-9-20(25)10-6-18/h5-12,22H,3-4,13-17H2,1-2H3,(H,26,30)(H,27,31)/p+1/t22-/m1/s1. The van der Waals surface area contributed by atoms with Crippen LogP contribution in [0.25, 0.3) is 0 Å². The number of hydrogen-bond donors (Lipinski definition) is 3. The number of benzene rings is 2. The van der Waals surface area contributed by atoms with Gasteiger partial charge in [-0.1, -0.05) is 24.3 Å². The highest BCUT2D eigenvalue weighted by atomic mass is 19.1. The van der Waals surface area contributed by atoms with Crippen molar-refractivity contribution in [2.45, 2.75) is 25.3 Å². The third kappa shape index (κ3) is 6.52. The van der Waals surface area contributed by atoms with Crippen molar-refractivity contribution in [2.75, 3.05) is 45.2 Å². The average molecular weight is 428 g/mol. The molecule has 1 saturated heterocycles. The Hall–Kier alpha value is -2.93. The molecule has 2 aromatic rings. The first-order chi connectivity index (χ1) is 14.9. The topological polar surface area (TPSA) is 65.9 Å². The van der Waals surface area contributed by atoms with Crippen LogP contribution < -0.4 is 20.4 Å². The van der Waals surface area contributed by atoms with Gasteiger partial charge in [-0.3, -0.25) is 9.59 Å². The Morgan fingerprint density at radius 2 is 1.58 bits per heavy atom. The van der Waals surface area contributed by atoms with Gasteiger partial charge in [-0.05, 0) is 36.2 Å². The summed E-state index contributed by atoms with van der Waals surface area (Å²) in [7, 11) is 4.01. The van der Waals surface area contributed by atoms with E-state index in [1.54, 1.807) is 12.1 Å². The van der Waals surface area contributed by atoms with Crippen LogP contribution in [0.4, 0.5) is 10.1 Å².